The third-order valence-corrected chi connectivity index (χ3v) is 4.50. The molecule has 0 atom stereocenters. The summed E-state index contributed by atoms with van der Waals surface area (Å²) in [6.07, 6.45) is 5.76. The lowest BCUT2D eigenvalue weighted by molar-refractivity contribution is -0.119. The highest BCUT2D eigenvalue weighted by atomic mass is 16.1. The van der Waals surface area contributed by atoms with Gasteiger partial charge < -0.3 is 4.90 Å². The van der Waals surface area contributed by atoms with Crippen molar-refractivity contribution in [3.8, 4) is 0 Å². The molecule has 1 saturated heterocycles. The van der Waals surface area contributed by atoms with Crippen molar-refractivity contribution >= 4 is 6.41 Å². The van der Waals surface area contributed by atoms with Crippen molar-refractivity contribution in [3.63, 3.8) is 0 Å². The molecule has 2 aromatic rings. The fraction of sp³-hybridized carbons (Fsp3) is 0.333. The van der Waals surface area contributed by atoms with Gasteiger partial charge in [-0.05, 0) is 37.0 Å². The summed E-state index contributed by atoms with van der Waals surface area (Å²) in [4.78, 5) is 17.5. The topological polar surface area (TPSA) is 33.2 Å². The van der Waals surface area contributed by atoms with Gasteiger partial charge in [-0.3, -0.25) is 9.78 Å². The highest BCUT2D eigenvalue weighted by Crippen LogP contribution is 2.37. The first-order chi connectivity index (χ1) is 10.3. The molecular weight excluding hydrogens is 260 g/mol. The normalized spacial score (nSPS) is 17.4. The average Bonchev–Trinajstić information content (AvgIpc) is 2.57. The largest absolute Gasteiger partial charge is 0.345 e. The molecule has 21 heavy (non-hydrogen) atoms. The van der Waals surface area contributed by atoms with Crippen LogP contribution < -0.4 is 0 Å². The van der Waals surface area contributed by atoms with Gasteiger partial charge in [0.25, 0.3) is 0 Å². The summed E-state index contributed by atoms with van der Waals surface area (Å²) in [6.45, 7) is 1.62. The van der Waals surface area contributed by atoms with E-state index in [2.05, 4.69) is 41.4 Å². The summed E-state index contributed by atoms with van der Waals surface area (Å²) >= 11 is 0. The SMILES string of the molecule is O=CN1CCC(Cc2ccccc2)(c2ccccn2)CC1. The standard InChI is InChI=1S/C18H20N2O/c21-15-20-12-9-18(10-13-20,17-8-4-5-11-19-17)14-16-6-2-1-3-7-16/h1-8,11,15H,9-10,12-14H2. The van der Waals surface area contributed by atoms with Crippen molar-refractivity contribution in [1.82, 2.24) is 9.88 Å². The molecule has 3 rings (SSSR count). The van der Waals surface area contributed by atoms with E-state index in [1.54, 1.807) is 0 Å². The van der Waals surface area contributed by atoms with Gasteiger partial charge in [-0.1, -0.05) is 36.4 Å². The molecule has 0 N–H and O–H groups in total. The van der Waals surface area contributed by atoms with Crippen LogP contribution in [0.15, 0.2) is 54.7 Å². The Kier molecular flexibility index (Phi) is 4.00. The second-order valence-electron chi connectivity index (χ2n) is 5.80. The van der Waals surface area contributed by atoms with Gasteiger partial charge in [0.2, 0.25) is 6.41 Å². The van der Waals surface area contributed by atoms with Gasteiger partial charge >= 0.3 is 0 Å². The molecule has 0 radical (unpaired) electrons. The molecule has 1 aromatic heterocycles. The average molecular weight is 280 g/mol. The summed E-state index contributed by atoms with van der Waals surface area (Å²) in [6, 6.07) is 16.7. The Hall–Kier alpha value is -2.16. The van der Waals surface area contributed by atoms with E-state index >= 15 is 0 Å². The summed E-state index contributed by atoms with van der Waals surface area (Å²) in [5.74, 6) is 0. The van der Waals surface area contributed by atoms with E-state index in [0.29, 0.717) is 0 Å². The Balaban J connectivity index is 1.90. The van der Waals surface area contributed by atoms with Gasteiger partial charge in [0.15, 0.2) is 0 Å². The maximum absolute atomic E-state index is 11.0. The summed E-state index contributed by atoms with van der Waals surface area (Å²) in [5, 5.41) is 0. The van der Waals surface area contributed by atoms with Crippen LogP contribution in [0.5, 0.6) is 0 Å². The highest BCUT2D eigenvalue weighted by Gasteiger charge is 2.37. The van der Waals surface area contributed by atoms with Gasteiger partial charge in [0.05, 0.1) is 0 Å². The molecule has 0 spiro atoms. The van der Waals surface area contributed by atoms with Crippen molar-refractivity contribution in [2.75, 3.05) is 13.1 Å². The Morgan fingerprint density at radius 3 is 2.38 bits per heavy atom. The summed E-state index contributed by atoms with van der Waals surface area (Å²) < 4.78 is 0. The van der Waals surface area contributed by atoms with Crippen molar-refractivity contribution in [3.05, 3.63) is 66.0 Å². The van der Waals surface area contributed by atoms with Crippen LogP contribution in [0.4, 0.5) is 0 Å². The van der Waals surface area contributed by atoms with Gasteiger partial charge in [0, 0.05) is 30.4 Å². The number of carbonyl (C=O) groups is 1. The monoisotopic (exact) mass is 280 g/mol. The molecule has 0 bridgehead atoms. The summed E-state index contributed by atoms with van der Waals surface area (Å²) in [5.41, 5.74) is 2.53. The lowest BCUT2D eigenvalue weighted by Gasteiger charge is -2.40. The molecule has 1 aliphatic heterocycles. The number of hydrogen-bond donors (Lipinski definition) is 0. The number of pyridine rings is 1. The number of likely N-dealkylation sites (tertiary alicyclic amines) is 1. The van der Waals surface area contributed by atoms with Crippen molar-refractivity contribution in [2.45, 2.75) is 24.7 Å². The zero-order valence-electron chi connectivity index (χ0n) is 12.1. The number of benzene rings is 1. The number of piperidine rings is 1. The smallest absolute Gasteiger partial charge is 0.209 e. The maximum Gasteiger partial charge on any atom is 0.209 e. The number of carbonyl (C=O) groups excluding carboxylic acids is 1. The molecule has 2 heterocycles. The quantitative estimate of drug-likeness (QED) is 0.807. The molecule has 0 saturated carbocycles. The van der Waals surface area contributed by atoms with E-state index in [0.717, 1.165) is 44.5 Å². The van der Waals surface area contributed by atoms with E-state index in [-0.39, 0.29) is 5.41 Å². The second-order valence-corrected chi connectivity index (χ2v) is 5.80. The van der Waals surface area contributed by atoms with Crippen LogP contribution in [-0.4, -0.2) is 29.4 Å². The van der Waals surface area contributed by atoms with Crippen molar-refractivity contribution in [1.29, 1.82) is 0 Å². The molecule has 3 heteroatoms. The fourth-order valence-electron chi connectivity index (χ4n) is 3.24. The maximum atomic E-state index is 11.0. The van der Waals surface area contributed by atoms with Crippen LogP contribution in [0.1, 0.15) is 24.1 Å². The molecule has 1 aliphatic rings. The molecule has 1 amide bonds. The predicted molar refractivity (Wildman–Crippen MR) is 82.9 cm³/mol. The van der Waals surface area contributed by atoms with E-state index in [1.807, 2.05) is 23.2 Å². The Morgan fingerprint density at radius 1 is 1.05 bits per heavy atom. The zero-order valence-corrected chi connectivity index (χ0v) is 12.1. The number of hydrogen-bond acceptors (Lipinski definition) is 2. The molecule has 0 aliphatic carbocycles. The Bertz CT molecular complexity index is 575. The molecule has 3 nitrogen and oxygen atoms in total. The van der Waals surface area contributed by atoms with Crippen molar-refractivity contribution in [2.24, 2.45) is 0 Å². The Labute approximate surface area is 125 Å². The van der Waals surface area contributed by atoms with Crippen LogP contribution in [0.3, 0.4) is 0 Å². The first-order valence-corrected chi connectivity index (χ1v) is 7.47. The lowest BCUT2D eigenvalue weighted by atomic mass is 9.71. The minimum absolute atomic E-state index is 0.0438. The minimum atomic E-state index is 0.0438. The predicted octanol–water partition coefficient (Wildman–Crippen LogP) is 2.81. The lowest BCUT2D eigenvalue weighted by Crippen LogP contribution is -2.43. The Morgan fingerprint density at radius 2 is 1.76 bits per heavy atom. The van der Waals surface area contributed by atoms with Gasteiger partial charge in [-0.25, -0.2) is 0 Å². The fourth-order valence-corrected chi connectivity index (χ4v) is 3.24. The third kappa shape index (κ3) is 2.97. The summed E-state index contributed by atoms with van der Waals surface area (Å²) in [7, 11) is 0. The first kappa shape index (κ1) is 13.8. The molecule has 108 valence electrons. The van der Waals surface area contributed by atoms with Crippen LogP contribution in [-0.2, 0) is 16.6 Å². The number of nitrogens with zero attached hydrogens (tertiary/aromatic N) is 2. The van der Waals surface area contributed by atoms with Crippen LogP contribution in [0.2, 0.25) is 0 Å². The first-order valence-electron chi connectivity index (χ1n) is 7.47. The number of amides is 1. The highest BCUT2D eigenvalue weighted by molar-refractivity contribution is 5.47. The van der Waals surface area contributed by atoms with Crippen LogP contribution >= 0.6 is 0 Å². The molecule has 0 unspecified atom stereocenters. The van der Waals surface area contributed by atoms with Gasteiger partial charge in [-0.2, -0.15) is 0 Å². The molecular formula is C18H20N2O. The third-order valence-electron chi connectivity index (χ3n) is 4.50. The number of rotatable bonds is 4. The molecule has 1 fully saturated rings. The van der Waals surface area contributed by atoms with E-state index in [4.69, 9.17) is 0 Å². The van der Waals surface area contributed by atoms with Gasteiger partial charge in [0.1, 0.15) is 0 Å². The van der Waals surface area contributed by atoms with E-state index in [1.165, 1.54) is 5.56 Å². The van der Waals surface area contributed by atoms with Crippen LogP contribution in [0, 0.1) is 0 Å². The number of aromatic nitrogens is 1. The van der Waals surface area contributed by atoms with Crippen molar-refractivity contribution < 1.29 is 4.79 Å². The minimum Gasteiger partial charge on any atom is -0.345 e. The van der Waals surface area contributed by atoms with Crippen LogP contribution in [0.25, 0.3) is 0 Å². The van der Waals surface area contributed by atoms with E-state index in [9.17, 15) is 4.79 Å². The zero-order chi connectivity index (χ0) is 14.5. The molecule has 1 aromatic carbocycles. The van der Waals surface area contributed by atoms with Gasteiger partial charge in [-0.15, -0.1) is 0 Å². The van der Waals surface area contributed by atoms with E-state index < -0.39 is 0 Å². The second kappa shape index (κ2) is 6.08.